The molecule has 0 fully saturated rings. The normalized spacial score (nSPS) is 10.8. The van der Waals surface area contributed by atoms with E-state index in [0.29, 0.717) is 5.75 Å². The van der Waals surface area contributed by atoms with Crippen molar-refractivity contribution in [2.75, 3.05) is 6.61 Å². The van der Waals surface area contributed by atoms with E-state index in [4.69, 9.17) is 14.5 Å². The van der Waals surface area contributed by atoms with Crippen LogP contribution in [0.2, 0.25) is 0 Å². The van der Waals surface area contributed by atoms with E-state index in [1.165, 1.54) is 0 Å². The third-order valence-corrected chi connectivity index (χ3v) is 1.76. The molecule has 0 aliphatic heterocycles. The molecule has 0 saturated carbocycles. The zero-order chi connectivity index (χ0) is 11.3. The summed E-state index contributed by atoms with van der Waals surface area (Å²) < 4.78 is 18.9. The molecular formula is C8H9O6P. The van der Waals surface area contributed by atoms with Crippen LogP contribution >= 0.6 is 7.82 Å². The second-order valence-electron chi connectivity index (χ2n) is 2.56. The number of carbonyl (C=O) groups is 1. The monoisotopic (exact) mass is 232 g/mol. The Bertz CT molecular complexity index is 370. The van der Waals surface area contributed by atoms with Crippen molar-refractivity contribution in [3.05, 3.63) is 30.3 Å². The van der Waals surface area contributed by atoms with Crippen LogP contribution in [0.1, 0.15) is 0 Å². The predicted octanol–water partition coefficient (Wildman–Crippen LogP) is 0.701. The summed E-state index contributed by atoms with van der Waals surface area (Å²) in [5.74, 6) is -0.702. The van der Waals surface area contributed by atoms with Crippen LogP contribution < -0.4 is 4.74 Å². The number of carbonyl (C=O) groups excluding carboxylic acids is 1. The van der Waals surface area contributed by atoms with Gasteiger partial charge in [0.05, 0.1) is 0 Å². The number of phosphoric ester groups is 1. The molecular weight excluding hydrogens is 223 g/mol. The summed E-state index contributed by atoms with van der Waals surface area (Å²) in [4.78, 5) is 27.4. The number of ether oxygens (including phenoxy) is 1. The van der Waals surface area contributed by atoms with Crippen LogP contribution in [0.4, 0.5) is 0 Å². The molecule has 15 heavy (non-hydrogen) atoms. The molecule has 0 atom stereocenters. The fourth-order valence-corrected chi connectivity index (χ4v) is 1.14. The van der Waals surface area contributed by atoms with E-state index in [-0.39, 0.29) is 0 Å². The second kappa shape index (κ2) is 4.93. The van der Waals surface area contributed by atoms with Crippen molar-refractivity contribution in [2.45, 2.75) is 0 Å². The highest BCUT2D eigenvalue weighted by molar-refractivity contribution is 7.46. The summed E-state index contributed by atoms with van der Waals surface area (Å²) in [6.45, 7) is -0.547. The Morgan fingerprint density at radius 1 is 1.27 bits per heavy atom. The zero-order valence-corrected chi connectivity index (χ0v) is 8.46. The summed E-state index contributed by atoms with van der Waals surface area (Å²) in [5, 5.41) is 0. The maximum absolute atomic E-state index is 10.8. The minimum Gasteiger partial charge on any atom is -0.482 e. The SMILES string of the molecule is O=C(COc1ccccc1)OP(=O)(O)O. The highest BCUT2D eigenvalue weighted by atomic mass is 31.2. The Hall–Kier alpha value is -1.36. The number of hydrogen-bond donors (Lipinski definition) is 2. The smallest absolute Gasteiger partial charge is 0.482 e. The van der Waals surface area contributed by atoms with Crippen LogP contribution in [0.15, 0.2) is 30.3 Å². The summed E-state index contributed by atoms with van der Waals surface area (Å²) in [6, 6.07) is 8.36. The van der Waals surface area contributed by atoms with E-state index in [1.807, 2.05) is 0 Å². The van der Waals surface area contributed by atoms with Crippen molar-refractivity contribution in [3.8, 4) is 5.75 Å². The van der Waals surface area contributed by atoms with Gasteiger partial charge >= 0.3 is 13.8 Å². The molecule has 1 aromatic carbocycles. The first-order valence-electron chi connectivity index (χ1n) is 3.93. The molecule has 0 bridgehead atoms. The number of phosphoric acid groups is 1. The van der Waals surface area contributed by atoms with E-state index < -0.39 is 20.4 Å². The predicted molar refractivity (Wildman–Crippen MR) is 50.1 cm³/mol. The molecule has 0 spiro atoms. The third kappa shape index (κ3) is 5.17. The van der Waals surface area contributed by atoms with Crippen LogP contribution in [-0.2, 0) is 13.9 Å². The first-order chi connectivity index (χ1) is 6.97. The van der Waals surface area contributed by atoms with E-state index >= 15 is 0 Å². The lowest BCUT2D eigenvalue weighted by atomic mass is 10.3. The Kier molecular flexibility index (Phi) is 3.85. The zero-order valence-electron chi connectivity index (χ0n) is 7.57. The van der Waals surface area contributed by atoms with Crippen molar-refractivity contribution in [3.63, 3.8) is 0 Å². The number of benzene rings is 1. The molecule has 0 heterocycles. The summed E-state index contributed by atoms with van der Waals surface area (Å²) in [5.41, 5.74) is 0. The lowest BCUT2D eigenvalue weighted by molar-refractivity contribution is -0.137. The first kappa shape index (κ1) is 11.7. The van der Waals surface area contributed by atoms with E-state index in [2.05, 4.69) is 4.52 Å². The average Bonchev–Trinajstić information content (AvgIpc) is 2.14. The molecule has 0 aliphatic rings. The minimum atomic E-state index is -4.77. The largest absolute Gasteiger partial charge is 0.527 e. The van der Waals surface area contributed by atoms with E-state index in [9.17, 15) is 9.36 Å². The summed E-state index contributed by atoms with van der Waals surface area (Å²) in [7, 11) is -4.77. The van der Waals surface area contributed by atoms with Crippen LogP contribution in [0.3, 0.4) is 0 Å². The fraction of sp³-hybridized carbons (Fsp3) is 0.125. The Morgan fingerprint density at radius 3 is 2.40 bits per heavy atom. The topological polar surface area (TPSA) is 93.1 Å². The van der Waals surface area contributed by atoms with Gasteiger partial charge in [-0.1, -0.05) is 18.2 Å². The van der Waals surface area contributed by atoms with Gasteiger partial charge in [0.15, 0.2) is 6.61 Å². The molecule has 6 nitrogen and oxygen atoms in total. The van der Waals surface area contributed by atoms with Crippen LogP contribution in [0, 0.1) is 0 Å². The van der Waals surface area contributed by atoms with Crippen LogP contribution in [0.25, 0.3) is 0 Å². The van der Waals surface area contributed by atoms with Gasteiger partial charge in [-0.25, -0.2) is 9.36 Å². The molecule has 1 rings (SSSR count). The van der Waals surface area contributed by atoms with Crippen molar-refractivity contribution in [2.24, 2.45) is 0 Å². The molecule has 0 saturated heterocycles. The maximum atomic E-state index is 10.8. The second-order valence-corrected chi connectivity index (χ2v) is 3.72. The van der Waals surface area contributed by atoms with Crippen molar-refractivity contribution in [1.82, 2.24) is 0 Å². The van der Waals surface area contributed by atoms with Gasteiger partial charge in [-0.2, -0.15) is 0 Å². The van der Waals surface area contributed by atoms with Gasteiger partial charge in [0.2, 0.25) is 0 Å². The molecule has 0 aromatic heterocycles. The van der Waals surface area contributed by atoms with Gasteiger partial charge in [0.25, 0.3) is 0 Å². The van der Waals surface area contributed by atoms with Crippen molar-refractivity contribution < 1.29 is 28.4 Å². The van der Waals surface area contributed by atoms with E-state index in [0.717, 1.165) is 0 Å². The quantitative estimate of drug-likeness (QED) is 0.742. The molecule has 0 radical (unpaired) electrons. The van der Waals surface area contributed by atoms with Gasteiger partial charge in [-0.05, 0) is 12.1 Å². The Labute approximate surface area is 85.7 Å². The highest BCUT2D eigenvalue weighted by Crippen LogP contribution is 2.35. The van der Waals surface area contributed by atoms with Crippen LogP contribution in [0.5, 0.6) is 5.75 Å². The molecule has 7 heteroatoms. The first-order valence-corrected chi connectivity index (χ1v) is 5.46. The van der Waals surface area contributed by atoms with Gasteiger partial charge in [-0.3, -0.25) is 9.79 Å². The molecule has 0 amide bonds. The number of rotatable bonds is 4. The van der Waals surface area contributed by atoms with Gasteiger partial charge in [0.1, 0.15) is 5.75 Å². The highest BCUT2D eigenvalue weighted by Gasteiger charge is 2.20. The molecule has 2 N–H and O–H groups in total. The van der Waals surface area contributed by atoms with Crippen LogP contribution in [-0.4, -0.2) is 22.4 Å². The fourth-order valence-electron chi connectivity index (χ4n) is 0.818. The average molecular weight is 232 g/mol. The molecule has 0 unspecified atom stereocenters. The standard InChI is InChI=1S/C8H9O6P/c9-8(14-15(10,11)12)6-13-7-4-2-1-3-5-7/h1-5H,6H2,(H2,10,11,12). The number of para-hydroxylation sites is 1. The molecule has 82 valence electrons. The summed E-state index contributed by atoms with van der Waals surface area (Å²) >= 11 is 0. The van der Waals surface area contributed by atoms with Crippen molar-refractivity contribution in [1.29, 1.82) is 0 Å². The Balaban J connectivity index is 2.39. The number of hydrogen-bond acceptors (Lipinski definition) is 4. The minimum absolute atomic E-state index is 0.417. The molecule has 1 aromatic rings. The van der Waals surface area contributed by atoms with Gasteiger partial charge in [-0.15, -0.1) is 0 Å². The lowest BCUT2D eigenvalue weighted by Gasteiger charge is -2.06. The van der Waals surface area contributed by atoms with E-state index in [1.54, 1.807) is 30.3 Å². The lowest BCUT2D eigenvalue weighted by Crippen LogP contribution is -2.13. The van der Waals surface area contributed by atoms with Gasteiger partial charge < -0.3 is 9.26 Å². The Morgan fingerprint density at radius 2 is 1.87 bits per heavy atom. The van der Waals surface area contributed by atoms with Gasteiger partial charge in [0, 0.05) is 0 Å². The summed E-state index contributed by atoms with van der Waals surface area (Å²) in [6.07, 6.45) is 0. The third-order valence-electron chi connectivity index (χ3n) is 1.32. The van der Waals surface area contributed by atoms with Crippen molar-refractivity contribution >= 4 is 13.8 Å². The maximum Gasteiger partial charge on any atom is 0.527 e. The molecule has 0 aliphatic carbocycles.